The van der Waals surface area contributed by atoms with Gasteiger partial charge in [-0.1, -0.05) is 0 Å². The molecule has 10 heteroatoms. The van der Waals surface area contributed by atoms with Crippen molar-refractivity contribution in [1.82, 2.24) is 14.4 Å². The Morgan fingerprint density at radius 1 is 1.10 bits per heavy atom. The maximum Gasteiger partial charge on any atom is 0.268 e. The third-order valence-corrected chi connectivity index (χ3v) is 5.66. The molecule has 0 atom stereocenters. The molecule has 2 aliphatic rings. The number of halogens is 3. The lowest BCUT2D eigenvalue weighted by Gasteiger charge is -2.30. The number of carbonyl (C=O) groups is 2. The lowest BCUT2D eigenvalue weighted by atomic mass is 9.95. The van der Waals surface area contributed by atoms with Crippen molar-refractivity contribution in [2.24, 2.45) is 0 Å². The van der Waals surface area contributed by atoms with Gasteiger partial charge in [0, 0.05) is 37.9 Å². The maximum absolute atomic E-state index is 13.7. The summed E-state index contributed by atoms with van der Waals surface area (Å²) in [4.78, 5) is 40.7. The number of benzene rings is 1. The van der Waals surface area contributed by atoms with Crippen molar-refractivity contribution in [3.63, 3.8) is 0 Å². The minimum Gasteiger partial charge on any atom is -0.387 e. The molecule has 0 spiro atoms. The van der Waals surface area contributed by atoms with Gasteiger partial charge in [-0.3, -0.25) is 19.0 Å². The molecule has 0 saturated carbocycles. The van der Waals surface area contributed by atoms with Gasteiger partial charge in [-0.05, 0) is 41.8 Å². The number of aliphatic hydroxyl groups excluding tert-OH is 1. The van der Waals surface area contributed by atoms with E-state index in [4.69, 9.17) is 5.11 Å². The number of likely N-dealkylation sites (tertiary alicyclic amines) is 1. The van der Waals surface area contributed by atoms with E-state index in [1.54, 1.807) is 0 Å². The fraction of sp³-hybridized carbons (Fsp3) is 0.381. The van der Waals surface area contributed by atoms with E-state index >= 15 is 0 Å². The number of nitrogens with zero attached hydrogens (tertiary/aromatic N) is 3. The highest BCUT2D eigenvalue weighted by Gasteiger charge is 2.42. The average Bonchev–Trinajstić information content (AvgIpc) is 3.12. The highest BCUT2D eigenvalue weighted by atomic mass is 19.3. The summed E-state index contributed by atoms with van der Waals surface area (Å²) in [5, 5.41) is 9.16. The molecule has 0 aliphatic carbocycles. The van der Waals surface area contributed by atoms with Gasteiger partial charge in [-0.2, -0.15) is 0 Å². The van der Waals surface area contributed by atoms with Crippen molar-refractivity contribution in [3.8, 4) is 5.69 Å². The van der Waals surface area contributed by atoms with Crippen LogP contribution in [0.1, 0.15) is 27.9 Å². The van der Waals surface area contributed by atoms with Crippen molar-refractivity contribution in [2.75, 3.05) is 26.2 Å². The zero-order valence-corrected chi connectivity index (χ0v) is 16.5. The predicted molar refractivity (Wildman–Crippen MR) is 104 cm³/mol. The average molecular weight is 435 g/mol. The number of hydrogen-bond acceptors (Lipinski definition) is 4. The monoisotopic (exact) mass is 435 g/mol. The molecule has 164 valence electrons. The molecule has 1 aromatic carbocycles. The molecule has 1 saturated heterocycles. The molecular weight excluding hydrogens is 415 g/mol. The van der Waals surface area contributed by atoms with E-state index in [-0.39, 0.29) is 31.6 Å². The number of pyridine rings is 1. The molecule has 4 rings (SSSR count). The summed E-state index contributed by atoms with van der Waals surface area (Å²) in [7, 11) is 0. The van der Waals surface area contributed by atoms with E-state index in [2.05, 4.69) is 0 Å². The summed E-state index contributed by atoms with van der Waals surface area (Å²) in [6, 6.07) is 5.04. The van der Waals surface area contributed by atoms with Gasteiger partial charge in [-0.15, -0.1) is 0 Å². The Labute approximate surface area is 175 Å². The summed E-state index contributed by atoms with van der Waals surface area (Å²) < 4.78 is 41.9. The summed E-state index contributed by atoms with van der Waals surface area (Å²) in [6.07, 6.45) is 1.17. The Hall–Kier alpha value is -3.14. The quantitative estimate of drug-likeness (QED) is 0.789. The molecule has 1 N–H and O–H groups in total. The highest BCUT2D eigenvalue weighted by molar-refractivity contribution is 5.96. The number of aromatic nitrogens is 1. The number of fused-ring (bicyclic) bond motifs is 1. The normalized spacial score (nSPS) is 17.5. The molecule has 0 unspecified atom stereocenters. The van der Waals surface area contributed by atoms with Gasteiger partial charge in [-0.25, -0.2) is 13.2 Å². The largest absolute Gasteiger partial charge is 0.387 e. The van der Waals surface area contributed by atoms with Gasteiger partial charge >= 0.3 is 0 Å². The van der Waals surface area contributed by atoms with Crippen LogP contribution in [0, 0.1) is 5.82 Å². The number of alkyl halides is 2. The third kappa shape index (κ3) is 3.95. The molecule has 31 heavy (non-hydrogen) atoms. The first-order valence-electron chi connectivity index (χ1n) is 9.79. The van der Waals surface area contributed by atoms with Crippen molar-refractivity contribution < 1.29 is 27.9 Å². The predicted octanol–water partition coefficient (Wildman–Crippen LogP) is 1.33. The zero-order chi connectivity index (χ0) is 22.3. The number of aliphatic hydroxyl groups is 1. The number of amides is 2. The summed E-state index contributed by atoms with van der Waals surface area (Å²) >= 11 is 0. The summed E-state index contributed by atoms with van der Waals surface area (Å²) in [5.41, 5.74) is 0.292. The Bertz CT molecular complexity index is 1100. The fourth-order valence-electron chi connectivity index (χ4n) is 4.05. The Morgan fingerprint density at radius 3 is 2.42 bits per heavy atom. The second kappa shape index (κ2) is 7.84. The van der Waals surface area contributed by atoms with E-state index in [9.17, 15) is 27.6 Å². The summed E-state index contributed by atoms with van der Waals surface area (Å²) in [5.74, 6) is -4.80. The SMILES string of the molecule is O=C(CO)N1CCc2c(cn(-c3ccc(F)cc3)c(=O)c2C(=O)N2CCC(F)(F)C2)C1. The van der Waals surface area contributed by atoms with Gasteiger partial charge in [0.25, 0.3) is 17.4 Å². The Kier molecular flexibility index (Phi) is 5.34. The van der Waals surface area contributed by atoms with Gasteiger partial charge in [0.2, 0.25) is 5.91 Å². The van der Waals surface area contributed by atoms with Crippen LogP contribution in [0.25, 0.3) is 5.69 Å². The molecule has 1 aromatic heterocycles. The Balaban J connectivity index is 1.84. The van der Waals surface area contributed by atoms with Gasteiger partial charge in [0.15, 0.2) is 0 Å². The fourth-order valence-corrected chi connectivity index (χ4v) is 4.05. The highest BCUT2D eigenvalue weighted by Crippen LogP contribution is 2.29. The molecule has 7 nitrogen and oxygen atoms in total. The van der Waals surface area contributed by atoms with Crippen molar-refractivity contribution >= 4 is 11.8 Å². The molecule has 3 heterocycles. The lowest BCUT2D eigenvalue weighted by molar-refractivity contribution is -0.135. The van der Waals surface area contributed by atoms with Crippen LogP contribution in [-0.2, 0) is 17.8 Å². The van der Waals surface area contributed by atoms with E-state index in [1.807, 2.05) is 0 Å². The molecule has 2 aliphatic heterocycles. The molecule has 2 amide bonds. The van der Waals surface area contributed by atoms with Crippen LogP contribution in [0.15, 0.2) is 35.3 Å². The van der Waals surface area contributed by atoms with Crippen molar-refractivity contribution in [3.05, 3.63) is 63.3 Å². The zero-order valence-electron chi connectivity index (χ0n) is 16.5. The standard InChI is InChI=1S/C21H20F3N3O4/c22-14-1-3-15(4-2-14)27-10-13-9-25(17(29)11-28)7-5-16(13)18(20(27)31)19(30)26-8-6-21(23,24)12-26/h1-4,10,28H,5-9,11-12H2. The minimum absolute atomic E-state index is 0.0483. The third-order valence-electron chi connectivity index (χ3n) is 5.66. The van der Waals surface area contributed by atoms with Crippen LogP contribution in [0.5, 0.6) is 0 Å². The van der Waals surface area contributed by atoms with E-state index < -0.39 is 48.7 Å². The minimum atomic E-state index is -3.01. The summed E-state index contributed by atoms with van der Waals surface area (Å²) in [6.45, 7) is -1.38. The smallest absolute Gasteiger partial charge is 0.268 e. The molecule has 0 bridgehead atoms. The van der Waals surface area contributed by atoms with Crippen LogP contribution in [-0.4, -0.2) is 63.5 Å². The number of carbonyl (C=O) groups excluding carboxylic acids is 2. The second-order valence-corrected chi connectivity index (χ2v) is 7.72. The van der Waals surface area contributed by atoms with Gasteiger partial charge in [0.1, 0.15) is 18.0 Å². The number of hydrogen-bond donors (Lipinski definition) is 1. The van der Waals surface area contributed by atoms with Gasteiger partial charge < -0.3 is 14.9 Å². The molecule has 2 aromatic rings. The molecular formula is C21H20F3N3O4. The van der Waals surface area contributed by atoms with Crippen LogP contribution in [0.2, 0.25) is 0 Å². The van der Waals surface area contributed by atoms with Crippen LogP contribution in [0.4, 0.5) is 13.2 Å². The first kappa shape index (κ1) is 21.1. The lowest BCUT2D eigenvalue weighted by Crippen LogP contribution is -2.42. The van der Waals surface area contributed by atoms with E-state index in [0.29, 0.717) is 16.8 Å². The van der Waals surface area contributed by atoms with Crippen molar-refractivity contribution in [1.29, 1.82) is 0 Å². The van der Waals surface area contributed by atoms with Crippen LogP contribution < -0.4 is 5.56 Å². The Morgan fingerprint density at radius 2 is 1.81 bits per heavy atom. The second-order valence-electron chi connectivity index (χ2n) is 7.72. The van der Waals surface area contributed by atoms with Crippen LogP contribution >= 0.6 is 0 Å². The number of rotatable bonds is 3. The van der Waals surface area contributed by atoms with E-state index in [0.717, 1.165) is 21.6 Å². The topological polar surface area (TPSA) is 82.8 Å². The maximum atomic E-state index is 13.7. The van der Waals surface area contributed by atoms with Gasteiger partial charge in [0.05, 0.1) is 6.54 Å². The first-order valence-corrected chi connectivity index (χ1v) is 9.79. The first-order chi connectivity index (χ1) is 14.7. The van der Waals surface area contributed by atoms with Crippen LogP contribution in [0.3, 0.4) is 0 Å². The van der Waals surface area contributed by atoms with Crippen molar-refractivity contribution in [2.45, 2.75) is 25.3 Å². The molecule has 1 fully saturated rings. The van der Waals surface area contributed by atoms with E-state index in [1.165, 1.54) is 23.2 Å². The molecule has 0 radical (unpaired) electrons.